The average molecular weight is 1640 g/mol. The van der Waals surface area contributed by atoms with Gasteiger partial charge in [0.2, 0.25) is 0 Å². The molecule has 0 saturated carbocycles. The van der Waals surface area contributed by atoms with Gasteiger partial charge in [-0.25, -0.2) is 5.92 Å². The second-order valence-electron chi connectivity index (χ2n) is 16.9. The van der Waals surface area contributed by atoms with Crippen LogP contribution in [0.25, 0.3) is 0 Å². The van der Waals surface area contributed by atoms with E-state index < -0.39 is 0 Å². The monoisotopic (exact) mass is 1640 g/mol. The topological polar surface area (TPSA) is 0 Å². The van der Waals surface area contributed by atoms with E-state index in [0.29, 0.717) is 0 Å². The van der Waals surface area contributed by atoms with Crippen molar-refractivity contribution in [2.75, 3.05) is 0 Å². The van der Waals surface area contributed by atoms with E-state index in [1.807, 2.05) is 0 Å². The molecule has 0 N–H and O–H groups in total. The van der Waals surface area contributed by atoms with Crippen molar-refractivity contribution in [3.63, 3.8) is 0 Å². The van der Waals surface area contributed by atoms with Gasteiger partial charge in [-0.05, 0) is 102 Å². The van der Waals surface area contributed by atoms with Crippen LogP contribution in [0.4, 0.5) is 0 Å². The molecule has 0 heterocycles. The molecule has 0 aromatic carbocycles. The molecule has 550 valence electrons. The minimum Gasteiger partial charge on any atom is -0.284 e. The Kier molecular flexibility index (Phi) is 82.4. The lowest BCUT2D eigenvalue weighted by Gasteiger charge is -1.64. The SMILES string of the molecule is [CH2-]C#CC#CC#CC#CC#CC#CC#CC#CC#CC#CC#CC#CC#CC#CC#CC#CC#CC#CC#CC#CC#CC#CC#CC#CC#CC#CC#CC#CC#CC#CC#CC#CC#CC#CC#CC#CC#CC#CC#CC#CC#CC#CC#CC#CC#CC#CC#CC#CC#CC#CC#CC#CC#CC#CC#CC#CC#CC#CC#CC#CC#CC#CC#CC#CC#CC#CC#CC. The van der Waals surface area contributed by atoms with Crippen LogP contribution in [-0.4, -0.2) is 0 Å². The van der Waals surface area contributed by atoms with Crippen LogP contribution in [0.15, 0.2) is 0 Å². The van der Waals surface area contributed by atoms with Crippen LogP contribution >= 0.6 is 0 Å². The lowest BCUT2D eigenvalue weighted by molar-refractivity contribution is 1.92. The largest absolute Gasteiger partial charge is 0.284 e. The molecule has 136 heavy (non-hydrogen) atoms. The normalized spacial score (nSPS) is 3.98. The molecule has 0 atom stereocenters. The fraction of sp³-hybridized carbons (Fsp3) is 0.00735. The maximum Gasteiger partial charge on any atom is 0 e. The van der Waals surface area contributed by atoms with Crippen molar-refractivity contribution in [3.8, 4) is 793 Å². The van der Waals surface area contributed by atoms with Crippen molar-refractivity contribution in [2.45, 2.75) is 6.92 Å². The van der Waals surface area contributed by atoms with Crippen molar-refractivity contribution in [3.05, 3.63) is 6.92 Å². The molecule has 0 nitrogen and oxygen atoms in total. The quantitative estimate of drug-likeness (QED) is 0.252. The molecule has 0 aromatic rings. The average Bonchev–Trinajstić information content (AvgIpc) is 1.10. The molecule has 0 rings (SSSR count). The van der Waals surface area contributed by atoms with Crippen LogP contribution in [0.1, 0.15) is 6.92 Å². The first-order valence-electron chi connectivity index (χ1n) is 34.1. The zero-order valence-corrected chi connectivity index (χ0v) is 68.7. The van der Waals surface area contributed by atoms with Gasteiger partial charge in [0.1, 0.15) is 0 Å². The van der Waals surface area contributed by atoms with E-state index in [1.54, 1.807) is 6.92 Å². The molecule has 0 heteroatoms. The molecule has 0 aliphatic heterocycles. The Balaban J connectivity index is 4.66. The first kappa shape index (κ1) is 106. The van der Waals surface area contributed by atoms with Crippen molar-refractivity contribution >= 4 is 0 Å². The van der Waals surface area contributed by atoms with E-state index in [1.165, 1.54) is 0 Å². The zero-order chi connectivity index (χ0) is 96.8. The summed E-state index contributed by atoms with van der Waals surface area (Å²) in [7, 11) is 0. The van der Waals surface area contributed by atoms with Gasteiger partial charge >= 0.3 is 0 Å². The molecule has 0 unspecified atom stereocenters. The standard InChI is InChI=1S/C136H5/c1-3-5-7-9-11-13-15-17-19-21-23-25-27-29-31-33-35-37-39-41-43-45-47-49-51-53-55-57-59-61-63-65-67-69-71-73-75-77-79-81-83-85-87-89-91-93-95-97-99-101-103-105-107-109-111-113-115-117-119-121-123-125-127-129-131-133-135-136-134-132-130-128-126-124-122-120-118-116-114-112-110-108-106-104-102-100-98-96-94-92-90-88-86-84-82-80-78-76-74-72-70-68-66-64-62-60-58-56-54-52-50-48-46-44-42-40-38-36-34-32-30-28-26-24-22-20-18-16-14-12-10-8-6-4-2/h1H2,2H3/q-1. The van der Waals surface area contributed by atoms with Crippen molar-refractivity contribution < 1.29 is 0 Å². The fourth-order valence-corrected chi connectivity index (χ4v) is 4.17. The molecule has 0 amide bonds. The van der Waals surface area contributed by atoms with Gasteiger partial charge in [0, 0.05) is 675 Å². The Morgan fingerprint density at radius 1 is 0.0588 bits per heavy atom. The van der Waals surface area contributed by atoms with Crippen LogP contribution in [0.3, 0.4) is 0 Å². The summed E-state index contributed by atoms with van der Waals surface area (Å²) in [6.07, 6.45) is 0. The van der Waals surface area contributed by atoms with E-state index in [2.05, 4.69) is 800 Å². The second-order valence-corrected chi connectivity index (χ2v) is 16.9. The summed E-state index contributed by atoms with van der Waals surface area (Å²) in [5, 5.41) is 0. The fourth-order valence-electron chi connectivity index (χ4n) is 4.17. The van der Waals surface area contributed by atoms with Gasteiger partial charge in [0.25, 0.3) is 0 Å². The van der Waals surface area contributed by atoms with Gasteiger partial charge in [0.05, 0.1) is 0 Å². The predicted molar refractivity (Wildman–Crippen MR) is 532 cm³/mol. The molecule has 0 aromatic heterocycles. The Labute approximate surface area is 801 Å². The molecule has 0 radical (unpaired) electrons. The predicted octanol–water partition coefficient (Wildman–Crippen LogP) is 1.07. The summed E-state index contributed by atoms with van der Waals surface area (Å²) in [6.45, 7) is 5.00. The van der Waals surface area contributed by atoms with Crippen LogP contribution in [0.2, 0.25) is 0 Å². The minimum absolute atomic E-state index is 1.68. The third-order valence-electron chi connectivity index (χ3n) is 8.40. The number of hydrogen-bond acceptors (Lipinski definition) is 0. The summed E-state index contributed by atoms with van der Waals surface area (Å²) in [4.78, 5) is 0. The Morgan fingerprint density at radius 2 is 0.0956 bits per heavy atom. The van der Waals surface area contributed by atoms with E-state index in [9.17, 15) is 0 Å². The van der Waals surface area contributed by atoms with Crippen LogP contribution in [-0.2, 0) is 0 Å². The lowest BCUT2D eigenvalue weighted by Crippen LogP contribution is -1.57. The maximum atomic E-state index is 3.32. The van der Waals surface area contributed by atoms with Gasteiger partial charge in [-0.2, -0.15) is 6.92 Å². The Hall–Kier alpha value is -29.6. The highest BCUT2D eigenvalue weighted by Gasteiger charge is 1.70. The molecular formula is C136H5-. The molecule has 0 aliphatic rings. The molecule has 0 spiro atoms. The highest BCUT2D eigenvalue weighted by Crippen LogP contribution is 1.71. The maximum absolute atomic E-state index is 3.32. The summed E-state index contributed by atoms with van der Waals surface area (Å²) in [5.41, 5.74) is 0. The van der Waals surface area contributed by atoms with Crippen LogP contribution in [0.5, 0.6) is 0 Å². The molecule has 0 bridgehead atoms. The summed E-state index contributed by atoms with van der Waals surface area (Å²) in [6, 6.07) is 0. The first-order chi connectivity index (χ1) is 67.9. The van der Waals surface area contributed by atoms with Gasteiger partial charge in [-0.1, -0.05) is 5.92 Å². The van der Waals surface area contributed by atoms with Crippen LogP contribution < -0.4 is 0 Å². The highest BCUT2D eigenvalue weighted by molar-refractivity contribution is 5.59. The summed E-state index contributed by atoms with van der Waals surface area (Å²) >= 11 is 0. The minimum atomic E-state index is 1.68. The van der Waals surface area contributed by atoms with Crippen LogP contribution in [0, 0.1) is 800 Å². The van der Waals surface area contributed by atoms with Crippen molar-refractivity contribution in [1.82, 2.24) is 0 Å². The third kappa shape index (κ3) is 104. The van der Waals surface area contributed by atoms with Gasteiger partial charge in [-0.3, -0.25) is 5.92 Å². The molecule has 0 saturated heterocycles. The van der Waals surface area contributed by atoms with Crippen molar-refractivity contribution in [2.24, 2.45) is 0 Å². The lowest BCUT2D eigenvalue weighted by atomic mass is 10.4. The van der Waals surface area contributed by atoms with Crippen molar-refractivity contribution in [1.29, 1.82) is 0 Å². The number of hydrogen-bond donors (Lipinski definition) is 0. The Morgan fingerprint density at radius 3 is 0.132 bits per heavy atom. The smallest absolute Gasteiger partial charge is 0 e. The summed E-state index contributed by atoms with van der Waals surface area (Å²) in [5.74, 6) is 335. The highest BCUT2D eigenvalue weighted by atomic mass is 13.7. The number of rotatable bonds is 0. The van der Waals surface area contributed by atoms with E-state index >= 15 is 0 Å². The molecule has 0 aliphatic carbocycles. The van der Waals surface area contributed by atoms with E-state index in [4.69, 9.17) is 0 Å². The zero-order valence-electron chi connectivity index (χ0n) is 68.7. The van der Waals surface area contributed by atoms with E-state index in [-0.39, 0.29) is 0 Å². The third-order valence-corrected chi connectivity index (χ3v) is 8.40. The van der Waals surface area contributed by atoms with E-state index in [0.717, 1.165) is 0 Å². The Bertz CT molecular complexity index is 8940. The molecular weight excluding hydrogens is 1630 g/mol. The molecule has 0 fully saturated rings. The van der Waals surface area contributed by atoms with Gasteiger partial charge in [0.15, 0.2) is 0 Å². The second kappa shape index (κ2) is 105. The first-order valence-corrected chi connectivity index (χ1v) is 34.1. The van der Waals surface area contributed by atoms with Gasteiger partial charge < -0.3 is 0 Å². The van der Waals surface area contributed by atoms with Gasteiger partial charge in [-0.15, -0.1) is 5.92 Å². The summed E-state index contributed by atoms with van der Waals surface area (Å²) < 4.78 is 0.